The van der Waals surface area contributed by atoms with Crippen molar-refractivity contribution in [1.82, 2.24) is 19.3 Å². The Balaban J connectivity index is 0.00000448. The molecule has 0 bridgehead atoms. The zero-order valence-electron chi connectivity index (χ0n) is 30.9. The molecule has 0 spiro atoms. The standard InChI is InChI=1S/C45H46N4O.Pd/c1-9-10-16-33-21-22-46-42(23-33)48-40-18-12-11-17-38(40)39-20-19-36(27-41(39)48)50-37-25-34(28(2)3)24-35(26-37)49-45(29(4)5)44(32(8)47-49)43-30(6)14-13-15-31(43)7;/h11-15,17-25,28-29H,9-10,16H2,1-8H3;/q-2;+2. The van der Waals surface area contributed by atoms with Crippen molar-refractivity contribution in [1.29, 1.82) is 0 Å². The molecule has 0 aliphatic carbocycles. The van der Waals surface area contributed by atoms with Gasteiger partial charge in [-0.15, -0.1) is 41.3 Å². The van der Waals surface area contributed by atoms with Crippen LogP contribution < -0.4 is 4.74 Å². The Kier molecular flexibility index (Phi) is 10.7. The number of ether oxygens (including phenoxy) is 1. The van der Waals surface area contributed by atoms with E-state index in [1.807, 2.05) is 12.3 Å². The van der Waals surface area contributed by atoms with Crippen molar-refractivity contribution in [2.75, 3.05) is 0 Å². The normalized spacial score (nSPS) is 11.6. The molecule has 3 heterocycles. The second-order valence-electron chi connectivity index (χ2n) is 14.2. The van der Waals surface area contributed by atoms with E-state index in [2.05, 4.69) is 150 Å². The summed E-state index contributed by atoms with van der Waals surface area (Å²) in [6.07, 6.45) is 5.26. The predicted molar refractivity (Wildman–Crippen MR) is 206 cm³/mol. The van der Waals surface area contributed by atoms with E-state index in [0.717, 1.165) is 63.8 Å². The van der Waals surface area contributed by atoms with Gasteiger partial charge in [0, 0.05) is 28.8 Å². The van der Waals surface area contributed by atoms with Crippen molar-refractivity contribution in [3.8, 4) is 34.1 Å². The van der Waals surface area contributed by atoms with Gasteiger partial charge in [0.1, 0.15) is 5.82 Å². The zero-order valence-corrected chi connectivity index (χ0v) is 32.4. The summed E-state index contributed by atoms with van der Waals surface area (Å²) in [6, 6.07) is 35.0. The molecule has 5 nitrogen and oxygen atoms in total. The number of hydrogen-bond acceptors (Lipinski definition) is 3. The van der Waals surface area contributed by atoms with E-state index in [1.165, 1.54) is 33.5 Å². The number of nitrogens with zero attached hydrogens (tertiary/aromatic N) is 4. The van der Waals surface area contributed by atoms with Crippen molar-refractivity contribution < 1.29 is 25.2 Å². The molecule has 0 fully saturated rings. The van der Waals surface area contributed by atoms with E-state index >= 15 is 0 Å². The van der Waals surface area contributed by atoms with Crippen molar-refractivity contribution in [2.45, 2.75) is 86.5 Å². The fourth-order valence-electron chi connectivity index (χ4n) is 7.24. The molecule has 0 aliphatic rings. The molecular formula is C45H46N4OPd. The number of benzene rings is 4. The second-order valence-corrected chi connectivity index (χ2v) is 14.2. The van der Waals surface area contributed by atoms with E-state index in [4.69, 9.17) is 14.8 Å². The number of unbranched alkanes of at least 4 members (excludes halogenated alkanes) is 1. The van der Waals surface area contributed by atoms with E-state index in [0.29, 0.717) is 11.5 Å². The largest absolute Gasteiger partial charge is 2.00 e. The summed E-state index contributed by atoms with van der Waals surface area (Å²) in [5.41, 5.74) is 12.5. The summed E-state index contributed by atoms with van der Waals surface area (Å²) in [4.78, 5) is 4.83. The van der Waals surface area contributed by atoms with E-state index in [9.17, 15) is 0 Å². The van der Waals surface area contributed by atoms with Crippen LogP contribution in [0.25, 0.3) is 44.4 Å². The molecule has 6 heteroatoms. The third kappa shape index (κ3) is 6.93. The summed E-state index contributed by atoms with van der Waals surface area (Å²) in [5, 5.41) is 7.43. The van der Waals surface area contributed by atoms with Crippen molar-refractivity contribution in [3.05, 3.63) is 131 Å². The molecule has 0 unspecified atom stereocenters. The third-order valence-electron chi connectivity index (χ3n) is 9.76. The topological polar surface area (TPSA) is 44.9 Å². The summed E-state index contributed by atoms with van der Waals surface area (Å²) in [7, 11) is 0. The maximum absolute atomic E-state index is 6.68. The predicted octanol–water partition coefficient (Wildman–Crippen LogP) is 11.9. The second kappa shape index (κ2) is 15.0. The first-order valence-corrected chi connectivity index (χ1v) is 18.0. The Labute approximate surface area is 316 Å². The number of para-hydroxylation sites is 1. The molecule has 0 amide bonds. The van der Waals surface area contributed by atoms with Crippen LogP contribution in [0.4, 0.5) is 0 Å². The number of rotatable bonds is 10. The smallest absolute Gasteiger partial charge is 0.509 e. The van der Waals surface area contributed by atoms with E-state index in [-0.39, 0.29) is 32.3 Å². The molecule has 0 atom stereocenters. The molecular weight excluding hydrogens is 719 g/mol. The van der Waals surface area contributed by atoms with Crippen molar-refractivity contribution in [3.63, 3.8) is 0 Å². The van der Waals surface area contributed by atoms with Gasteiger partial charge in [0.2, 0.25) is 0 Å². The van der Waals surface area contributed by atoms with Crippen LogP contribution in [0.15, 0.2) is 85.1 Å². The van der Waals surface area contributed by atoms with Crippen LogP contribution in [0.1, 0.15) is 92.9 Å². The van der Waals surface area contributed by atoms with Gasteiger partial charge in [0.05, 0.1) is 11.4 Å². The molecule has 51 heavy (non-hydrogen) atoms. The number of aromatic nitrogens is 4. The van der Waals surface area contributed by atoms with E-state index < -0.39 is 0 Å². The molecule has 262 valence electrons. The average molecular weight is 765 g/mol. The molecule has 0 saturated carbocycles. The quantitative estimate of drug-likeness (QED) is 0.103. The van der Waals surface area contributed by atoms with Gasteiger partial charge in [-0.3, -0.25) is 4.68 Å². The number of fused-ring (bicyclic) bond motifs is 3. The molecule has 0 N–H and O–H groups in total. The molecule has 0 radical (unpaired) electrons. The van der Waals surface area contributed by atoms with Gasteiger partial charge in [-0.05, 0) is 97.0 Å². The number of aryl methyl sites for hydroxylation is 4. The minimum Gasteiger partial charge on any atom is -0.509 e. The molecule has 0 aliphatic heterocycles. The maximum Gasteiger partial charge on any atom is 2.00 e. The van der Waals surface area contributed by atoms with Crippen LogP contribution in [0.5, 0.6) is 11.5 Å². The van der Waals surface area contributed by atoms with Crippen molar-refractivity contribution in [2.24, 2.45) is 0 Å². The SMILES string of the molecule is CCCCc1ccnc(-n2c3[c-]c(Oc4[c-]c(-n5nc(C)c(-c6c(C)cccc6C)c5C(C)C)cc(C(C)C)c4)ccc3c3ccccc32)c1.[Pd+2]. The molecule has 7 rings (SSSR count). The van der Waals surface area contributed by atoms with Gasteiger partial charge >= 0.3 is 20.4 Å². The van der Waals surface area contributed by atoms with Crippen LogP contribution in [-0.2, 0) is 26.8 Å². The monoisotopic (exact) mass is 764 g/mol. The third-order valence-corrected chi connectivity index (χ3v) is 9.76. The van der Waals surface area contributed by atoms with Gasteiger partial charge in [-0.1, -0.05) is 83.0 Å². The van der Waals surface area contributed by atoms with Crippen molar-refractivity contribution >= 4 is 21.8 Å². The van der Waals surface area contributed by atoms with Crippen LogP contribution in [0, 0.1) is 32.9 Å². The van der Waals surface area contributed by atoms with Gasteiger partial charge < -0.3 is 9.30 Å². The average Bonchev–Trinajstić information content (AvgIpc) is 3.62. The van der Waals surface area contributed by atoms with Gasteiger partial charge in [0.15, 0.2) is 0 Å². The van der Waals surface area contributed by atoms with Crippen LogP contribution >= 0.6 is 0 Å². The minimum atomic E-state index is 0. The first kappa shape index (κ1) is 36.3. The number of pyridine rings is 1. The fraction of sp³-hybridized carbons (Fsp3) is 0.289. The van der Waals surface area contributed by atoms with Gasteiger partial charge in [0.25, 0.3) is 0 Å². The Morgan fingerprint density at radius 1 is 0.765 bits per heavy atom. The molecule has 0 saturated heterocycles. The summed E-state index contributed by atoms with van der Waals surface area (Å²) in [6.45, 7) is 17.6. The summed E-state index contributed by atoms with van der Waals surface area (Å²) < 4.78 is 11.0. The first-order chi connectivity index (χ1) is 24.1. The Bertz CT molecular complexity index is 2320. The van der Waals surface area contributed by atoms with E-state index in [1.54, 1.807) is 0 Å². The Morgan fingerprint density at radius 2 is 1.53 bits per heavy atom. The Hall–Kier alpha value is -4.50. The first-order valence-electron chi connectivity index (χ1n) is 18.0. The summed E-state index contributed by atoms with van der Waals surface area (Å²) in [5.74, 6) is 2.67. The fourth-order valence-corrected chi connectivity index (χ4v) is 7.24. The van der Waals surface area contributed by atoms with Gasteiger partial charge in [-0.25, -0.2) is 4.98 Å². The molecule has 3 aromatic heterocycles. The minimum absolute atomic E-state index is 0. The summed E-state index contributed by atoms with van der Waals surface area (Å²) >= 11 is 0. The number of hydrogen-bond donors (Lipinski definition) is 0. The zero-order chi connectivity index (χ0) is 35.1. The van der Waals surface area contributed by atoms with Crippen LogP contribution in [0.3, 0.4) is 0 Å². The van der Waals surface area contributed by atoms with Gasteiger partial charge in [-0.2, -0.15) is 11.2 Å². The maximum atomic E-state index is 6.68. The van der Waals surface area contributed by atoms with Crippen LogP contribution in [-0.4, -0.2) is 19.3 Å². The molecule has 4 aromatic carbocycles. The van der Waals surface area contributed by atoms with Crippen LogP contribution in [0.2, 0.25) is 0 Å². The molecule has 7 aromatic rings. The Morgan fingerprint density at radius 3 is 2.25 bits per heavy atom.